The van der Waals surface area contributed by atoms with Crippen LogP contribution < -0.4 is 4.90 Å². The lowest BCUT2D eigenvalue weighted by atomic mass is 9.93. The monoisotopic (exact) mass is 326 g/mol. The lowest BCUT2D eigenvalue weighted by Crippen LogP contribution is -2.33. The molecular formula is C18H22N4S. The molecule has 0 radical (unpaired) electrons. The third-order valence-electron chi connectivity index (χ3n) is 4.64. The van der Waals surface area contributed by atoms with E-state index in [9.17, 15) is 0 Å². The molecular weight excluding hydrogens is 304 g/mol. The smallest absolute Gasteiger partial charge is 0.214 e. The summed E-state index contributed by atoms with van der Waals surface area (Å²) in [6, 6.07) is 9.10. The molecule has 23 heavy (non-hydrogen) atoms. The summed E-state index contributed by atoms with van der Waals surface area (Å²) in [4.78, 5) is 8.14. The predicted molar refractivity (Wildman–Crippen MR) is 95.5 cm³/mol. The van der Waals surface area contributed by atoms with Crippen molar-refractivity contribution in [1.82, 2.24) is 14.6 Å². The highest BCUT2D eigenvalue weighted by molar-refractivity contribution is 7.20. The van der Waals surface area contributed by atoms with Crippen molar-refractivity contribution in [2.45, 2.75) is 45.6 Å². The van der Waals surface area contributed by atoms with Gasteiger partial charge in [0, 0.05) is 12.0 Å². The summed E-state index contributed by atoms with van der Waals surface area (Å²) in [6.45, 7) is 9.84. The minimum atomic E-state index is 0.0605. The number of nitrogens with zero attached hydrogens (tertiary/aromatic N) is 4. The first kappa shape index (κ1) is 14.7. The van der Waals surface area contributed by atoms with Crippen molar-refractivity contribution >= 4 is 21.4 Å². The molecule has 1 aliphatic rings. The molecule has 120 valence electrons. The van der Waals surface area contributed by atoms with Crippen LogP contribution in [0.25, 0.3) is 4.96 Å². The number of anilines is 1. The highest BCUT2D eigenvalue weighted by Crippen LogP contribution is 2.36. The zero-order valence-electron chi connectivity index (χ0n) is 14.1. The van der Waals surface area contributed by atoms with Crippen LogP contribution in [0, 0.1) is 0 Å². The number of aromatic nitrogens is 3. The zero-order valence-corrected chi connectivity index (χ0v) is 14.9. The third-order valence-corrected chi connectivity index (χ3v) is 5.60. The molecule has 1 aliphatic heterocycles. The van der Waals surface area contributed by atoms with Gasteiger partial charge in [-0.05, 0) is 24.5 Å². The quantitative estimate of drug-likeness (QED) is 0.671. The first-order chi connectivity index (χ1) is 10.9. The van der Waals surface area contributed by atoms with Crippen LogP contribution in [-0.2, 0) is 11.8 Å². The Morgan fingerprint density at radius 1 is 1.22 bits per heavy atom. The van der Waals surface area contributed by atoms with Crippen molar-refractivity contribution < 1.29 is 0 Å². The Labute approximate surface area is 140 Å². The fourth-order valence-corrected chi connectivity index (χ4v) is 4.19. The summed E-state index contributed by atoms with van der Waals surface area (Å²) < 4.78 is 1.94. The zero-order chi connectivity index (χ0) is 16.2. The third kappa shape index (κ3) is 2.43. The number of benzene rings is 1. The molecule has 0 spiro atoms. The first-order valence-corrected chi connectivity index (χ1v) is 8.96. The second-order valence-corrected chi connectivity index (χ2v) is 8.24. The molecule has 0 amide bonds. The summed E-state index contributed by atoms with van der Waals surface area (Å²) in [7, 11) is 0. The lowest BCUT2D eigenvalue weighted by Gasteiger charge is -2.34. The maximum Gasteiger partial charge on any atom is 0.214 e. The predicted octanol–water partition coefficient (Wildman–Crippen LogP) is 4.21. The Bertz CT molecular complexity index is 824. The molecule has 1 unspecified atom stereocenters. The maximum absolute atomic E-state index is 4.79. The standard InChI is InChI=1S/C18H22N4S/c1-12-14-8-6-5-7-13(14)9-10-21(12)17-20-22-11-15(18(2,3)4)19-16(22)23-17/h5-8,11-12H,9-10H2,1-4H3. The average molecular weight is 326 g/mol. The second-order valence-electron chi connectivity index (χ2n) is 7.31. The molecule has 0 saturated carbocycles. The van der Waals surface area contributed by atoms with E-state index in [0.717, 1.165) is 28.8 Å². The van der Waals surface area contributed by atoms with E-state index in [1.807, 2.05) is 4.52 Å². The first-order valence-electron chi connectivity index (χ1n) is 8.14. The van der Waals surface area contributed by atoms with Gasteiger partial charge in [-0.3, -0.25) is 0 Å². The van der Waals surface area contributed by atoms with Gasteiger partial charge < -0.3 is 4.90 Å². The molecule has 1 atom stereocenters. The summed E-state index contributed by atoms with van der Waals surface area (Å²) in [5.74, 6) is 0. The SMILES string of the molecule is CC1c2ccccc2CCN1c1nn2cc(C(C)(C)C)nc2s1. The Morgan fingerprint density at radius 3 is 2.74 bits per heavy atom. The van der Waals surface area contributed by atoms with Crippen LogP contribution in [-0.4, -0.2) is 21.1 Å². The molecule has 4 nitrogen and oxygen atoms in total. The number of hydrogen-bond acceptors (Lipinski definition) is 4. The molecule has 5 heteroatoms. The molecule has 3 aromatic rings. The van der Waals surface area contributed by atoms with Gasteiger partial charge in [0.15, 0.2) is 0 Å². The number of rotatable bonds is 1. The largest absolute Gasteiger partial charge is 0.340 e. The van der Waals surface area contributed by atoms with Crippen molar-refractivity contribution in [3.05, 3.63) is 47.3 Å². The van der Waals surface area contributed by atoms with Gasteiger partial charge in [0.05, 0.1) is 17.9 Å². The number of hydrogen-bond donors (Lipinski definition) is 0. The van der Waals surface area contributed by atoms with Crippen molar-refractivity contribution in [2.24, 2.45) is 0 Å². The molecule has 3 heterocycles. The van der Waals surface area contributed by atoms with E-state index in [-0.39, 0.29) is 5.41 Å². The van der Waals surface area contributed by atoms with E-state index in [2.05, 4.69) is 63.1 Å². The fourth-order valence-electron chi connectivity index (χ4n) is 3.20. The highest BCUT2D eigenvalue weighted by atomic mass is 32.1. The van der Waals surface area contributed by atoms with Gasteiger partial charge in [0.25, 0.3) is 0 Å². The van der Waals surface area contributed by atoms with Crippen LogP contribution >= 0.6 is 11.3 Å². The van der Waals surface area contributed by atoms with Crippen LogP contribution in [0.3, 0.4) is 0 Å². The van der Waals surface area contributed by atoms with E-state index >= 15 is 0 Å². The number of fused-ring (bicyclic) bond motifs is 2. The topological polar surface area (TPSA) is 33.4 Å². The molecule has 4 rings (SSSR count). The Morgan fingerprint density at radius 2 is 2.00 bits per heavy atom. The van der Waals surface area contributed by atoms with Crippen molar-refractivity contribution in [3.8, 4) is 0 Å². The van der Waals surface area contributed by atoms with Gasteiger partial charge in [-0.1, -0.05) is 56.4 Å². The van der Waals surface area contributed by atoms with E-state index in [1.165, 1.54) is 11.1 Å². The molecule has 0 N–H and O–H groups in total. The van der Waals surface area contributed by atoms with Gasteiger partial charge in [-0.2, -0.15) is 0 Å². The van der Waals surface area contributed by atoms with Crippen LogP contribution in [0.4, 0.5) is 5.13 Å². The summed E-state index contributed by atoms with van der Waals surface area (Å²) in [5, 5.41) is 5.86. The van der Waals surface area contributed by atoms with Gasteiger partial charge >= 0.3 is 0 Å². The Hall–Kier alpha value is -1.88. The van der Waals surface area contributed by atoms with Crippen LogP contribution in [0.1, 0.15) is 50.6 Å². The number of imidazole rings is 1. The van der Waals surface area contributed by atoms with E-state index in [0.29, 0.717) is 6.04 Å². The maximum atomic E-state index is 4.79. The van der Waals surface area contributed by atoms with Crippen LogP contribution in [0.15, 0.2) is 30.5 Å². The fraction of sp³-hybridized carbons (Fsp3) is 0.444. The van der Waals surface area contributed by atoms with Crippen molar-refractivity contribution in [2.75, 3.05) is 11.4 Å². The molecule has 0 aliphatic carbocycles. The Balaban J connectivity index is 1.69. The van der Waals surface area contributed by atoms with E-state index in [1.54, 1.807) is 11.3 Å². The van der Waals surface area contributed by atoms with E-state index < -0.39 is 0 Å². The van der Waals surface area contributed by atoms with Gasteiger partial charge in [-0.15, -0.1) is 5.10 Å². The summed E-state index contributed by atoms with van der Waals surface area (Å²) in [6.07, 6.45) is 3.15. The summed E-state index contributed by atoms with van der Waals surface area (Å²) >= 11 is 1.69. The Kier molecular flexibility index (Phi) is 3.23. The molecule has 2 aromatic heterocycles. The van der Waals surface area contributed by atoms with Gasteiger partial charge in [0.2, 0.25) is 10.1 Å². The lowest BCUT2D eigenvalue weighted by molar-refractivity contribution is 0.572. The van der Waals surface area contributed by atoms with Crippen molar-refractivity contribution in [3.63, 3.8) is 0 Å². The van der Waals surface area contributed by atoms with E-state index in [4.69, 9.17) is 10.1 Å². The average Bonchev–Trinajstić information content (AvgIpc) is 3.06. The van der Waals surface area contributed by atoms with Gasteiger partial charge in [-0.25, -0.2) is 9.50 Å². The van der Waals surface area contributed by atoms with Gasteiger partial charge in [0.1, 0.15) is 0 Å². The molecule has 0 fully saturated rings. The van der Waals surface area contributed by atoms with Crippen LogP contribution in [0.5, 0.6) is 0 Å². The van der Waals surface area contributed by atoms with Crippen LogP contribution in [0.2, 0.25) is 0 Å². The second kappa shape index (κ2) is 5.06. The summed E-state index contributed by atoms with van der Waals surface area (Å²) in [5.41, 5.74) is 4.04. The molecule has 0 saturated heterocycles. The van der Waals surface area contributed by atoms with Crippen molar-refractivity contribution in [1.29, 1.82) is 0 Å². The molecule has 1 aromatic carbocycles. The highest BCUT2D eigenvalue weighted by Gasteiger charge is 2.27. The normalized spacial score (nSPS) is 18.4. The molecule has 0 bridgehead atoms. The minimum Gasteiger partial charge on any atom is -0.340 e. The minimum absolute atomic E-state index is 0.0605.